The van der Waals surface area contributed by atoms with Crippen molar-refractivity contribution in [2.24, 2.45) is 0 Å². The average molecular weight is 401 g/mol. The molecule has 4 nitrogen and oxygen atoms in total. The van der Waals surface area contributed by atoms with Crippen molar-refractivity contribution in [3.8, 4) is 0 Å². The molecule has 4 rings (SSSR count). The fourth-order valence-electron chi connectivity index (χ4n) is 3.32. The molecule has 144 valence electrons. The Balaban J connectivity index is 1.64. The fraction of sp³-hybridized carbons (Fsp3) is 0.0833. The summed E-state index contributed by atoms with van der Waals surface area (Å²) in [5.74, 6) is -0.878. The van der Waals surface area contributed by atoms with Crippen molar-refractivity contribution in [1.29, 1.82) is 0 Å². The molecule has 1 heterocycles. The zero-order chi connectivity index (χ0) is 20.2. The van der Waals surface area contributed by atoms with Gasteiger partial charge in [0.2, 0.25) is 5.91 Å². The number of fused-ring (bicyclic) bond motifs is 1. The lowest BCUT2D eigenvalue weighted by molar-refractivity contribution is -0.116. The van der Waals surface area contributed by atoms with Gasteiger partial charge in [-0.2, -0.15) is 0 Å². The molecule has 0 atom stereocenters. The number of hydrogen-bond acceptors (Lipinski definition) is 4. The van der Waals surface area contributed by atoms with Gasteiger partial charge in [-0.15, -0.1) is 11.3 Å². The van der Waals surface area contributed by atoms with Gasteiger partial charge < -0.3 is 10.1 Å². The normalized spacial score (nSPS) is 10.8. The Bertz CT molecular complexity index is 1110. The SMILES string of the molecule is COC(=O)c1cc2cc(NC(=O)C(c3ccccc3)c3ccccc3)ccc2s1. The van der Waals surface area contributed by atoms with Crippen LogP contribution in [0.25, 0.3) is 10.1 Å². The van der Waals surface area contributed by atoms with Crippen molar-refractivity contribution in [1.82, 2.24) is 0 Å². The van der Waals surface area contributed by atoms with Crippen LogP contribution in [0.4, 0.5) is 5.69 Å². The molecule has 0 fully saturated rings. The molecule has 0 saturated carbocycles. The molecule has 29 heavy (non-hydrogen) atoms. The molecule has 5 heteroatoms. The van der Waals surface area contributed by atoms with E-state index in [0.717, 1.165) is 21.2 Å². The first kappa shape index (κ1) is 18.9. The maximum atomic E-state index is 13.2. The van der Waals surface area contributed by atoms with Crippen molar-refractivity contribution >= 4 is 39.0 Å². The van der Waals surface area contributed by atoms with E-state index in [1.807, 2.05) is 78.9 Å². The van der Waals surface area contributed by atoms with Crippen LogP contribution < -0.4 is 5.32 Å². The molecule has 0 unspecified atom stereocenters. The number of esters is 1. The Morgan fingerprint density at radius 2 is 1.48 bits per heavy atom. The maximum Gasteiger partial charge on any atom is 0.348 e. The van der Waals surface area contributed by atoms with Crippen LogP contribution in [0, 0.1) is 0 Å². The van der Waals surface area contributed by atoms with Crippen molar-refractivity contribution < 1.29 is 14.3 Å². The fourth-order valence-corrected chi connectivity index (χ4v) is 4.28. The van der Waals surface area contributed by atoms with E-state index in [2.05, 4.69) is 5.32 Å². The number of ether oxygens (including phenoxy) is 1. The van der Waals surface area contributed by atoms with Crippen LogP contribution in [0.15, 0.2) is 84.9 Å². The van der Waals surface area contributed by atoms with E-state index in [0.29, 0.717) is 10.6 Å². The Morgan fingerprint density at radius 3 is 2.07 bits per heavy atom. The van der Waals surface area contributed by atoms with E-state index < -0.39 is 5.92 Å². The third kappa shape index (κ3) is 4.05. The highest BCUT2D eigenvalue weighted by molar-refractivity contribution is 7.20. The van der Waals surface area contributed by atoms with Crippen LogP contribution in [0.2, 0.25) is 0 Å². The quantitative estimate of drug-likeness (QED) is 0.452. The number of carbonyl (C=O) groups is 2. The second-order valence-electron chi connectivity index (χ2n) is 6.60. The van der Waals surface area contributed by atoms with Gasteiger partial charge in [-0.1, -0.05) is 60.7 Å². The minimum absolute atomic E-state index is 0.106. The smallest absolute Gasteiger partial charge is 0.348 e. The van der Waals surface area contributed by atoms with Gasteiger partial charge in [0, 0.05) is 10.4 Å². The zero-order valence-corrected chi connectivity index (χ0v) is 16.6. The summed E-state index contributed by atoms with van der Waals surface area (Å²) in [6, 6.07) is 26.9. The van der Waals surface area contributed by atoms with E-state index >= 15 is 0 Å². The highest BCUT2D eigenvalue weighted by Crippen LogP contribution is 2.30. The second kappa shape index (κ2) is 8.29. The van der Waals surface area contributed by atoms with Crippen LogP contribution in [-0.4, -0.2) is 19.0 Å². The lowest BCUT2D eigenvalue weighted by atomic mass is 9.90. The Hall–Kier alpha value is -3.44. The number of methoxy groups -OCH3 is 1. The van der Waals surface area contributed by atoms with Crippen molar-refractivity contribution in [2.45, 2.75) is 5.92 Å². The number of anilines is 1. The van der Waals surface area contributed by atoms with Crippen molar-refractivity contribution in [3.05, 3.63) is 101 Å². The van der Waals surface area contributed by atoms with Gasteiger partial charge in [0.05, 0.1) is 13.0 Å². The standard InChI is InChI=1S/C24H19NO3S/c1-28-24(27)21-15-18-14-19(12-13-20(18)29-21)25-23(26)22(16-8-4-2-5-9-16)17-10-6-3-7-11-17/h2-15,22H,1H3,(H,25,26). The van der Waals surface area contributed by atoms with Gasteiger partial charge in [-0.25, -0.2) is 4.79 Å². The molecular weight excluding hydrogens is 382 g/mol. The van der Waals surface area contributed by atoms with Crippen LogP contribution in [-0.2, 0) is 9.53 Å². The summed E-state index contributed by atoms with van der Waals surface area (Å²) >= 11 is 1.37. The number of hydrogen-bond donors (Lipinski definition) is 1. The molecule has 0 aliphatic carbocycles. The molecule has 0 aliphatic heterocycles. The molecule has 4 aromatic rings. The average Bonchev–Trinajstić information content (AvgIpc) is 3.18. The number of carbonyl (C=O) groups excluding carboxylic acids is 2. The van der Waals surface area contributed by atoms with Crippen molar-refractivity contribution in [3.63, 3.8) is 0 Å². The van der Waals surface area contributed by atoms with Crippen molar-refractivity contribution in [2.75, 3.05) is 12.4 Å². The summed E-state index contributed by atoms with van der Waals surface area (Å²) in [6.45, 7) is 0. The summed E-state index contributed by atoms with van der Waals surface area (Å²) in [7, 11) is 1.37. The van der Waals surface area contributed by atoms with Gasteiger partial charge in [-0.3, -0.25) is 4.79 Å². The number of benzene rings is 3. The van der Waals surface area contributed by atoms with Crippen LogP contribution in [0.3, 0.4) is 0 Å². The molecule has 0 aliphatic rings. The summed E-state index contributed by atoms with van der Waals surface area (Å²) in [5, 5.41) is 3.93. The topological polar surface area (TPSA) is 55.4 Å². The van der Waals surface area contributed by atoms with Gasteiger partial charge in [0.15, 0.2) is 0 Å². The first-order chi connectivity index (χ1) is 14.2. The molecule has 0 spiro atoms. The van der Waals surface area contributed by atoms with Gasteiger partial charge >= 0.3 is 5.97 Å². The summed E-state index contributed by atoms with van der Waals surface area (Å²) in [4.78, 5) is 25.5. The van der Waals surface area contributed by atoms with Gasteiger partial charge in [0.1, 0.15) is 4.88 Å². The minimum atomic E-state index is -0.416. The van der Waals surface area contributed by atoms with Gasteiger partial charge in [0.25, 0.3) is 0 Å². The Labute approximate surface area is 172 Å². The first-order valence-electron chi connectivity index (χ1n) is 9.18. The third-order valence-electron chi connectivity index (χ3n) is 4.70. The Morgan fingerprint density at radius 1 is 0.862 bits per heavy atom. The Kier molecular flexibility index (Phi) is 5.40. The first-order valence-corrected chi connectivity index (χ1v) is 10.00. The van der Waals surface area contributed by atoms with Crippen LogP contribution in [0.5, 0.6) is 0 Å². The molecule has 0 radical (unpaired) electrons. The summed E-state index contributed by atoms with van der Waals surface area (Å²) in [5.41, 5.74) is 2.55. The number of rotatable bonds is 5. The van der Waals surface area contributed by atoms with E-state index in [1.54, 1.807) is 6.07 Å². The molecule has 3 aromatic carbocycles. The van der Waals surface area contributed by atoms with E-state index in [-0.39, 0.29) is 11.9 Å². The molecule has 1 amide bonds. The van der Waals surface area contributed by atoms with Crippen LogP contribution >= 0.6 is 11.3 Å². The van der Waals surface area contributed by atoms with E-state index in [1.165, 1.54) is 18.4 Å². The molecule has 1 aromatic heterocycles. The largest absolute Gasteiger partial charge is 0.465 e. The third-order valence-corrected chi connectivity index (χ3v) is 5.79. The number of thiophene rings is 1. The predicted octanol–water partition coefficient (Wildman–Crippen LogP) is 5.46. The lowest BCUT2D eigenvalue weighted by Crippen LogP contribution is -2.22. The molecule has 1 N–H and O–H groups in total. The maximum absolute atomic E-state index is 13.2. The van der Waals surface area contributed by atoms with E-state index in [9.17, 15) is 9.59 Å². The van der Waals surface area contributed by atoms with Gasteiger partial charge in [-0.05, 0) is 40.8 Å². The zero-order valence-electron chi connectivity index (χ0n) is 15.8. The predicted molar refractivity (Wildman–Crippen MR) is 117 cm³/mol. The summed E-state index contributed by atoms with van der Waals surface area (Å²) in [6.07, 6.45) is 0. The second-order valence-corrected chi connectivity index (χ2v) is 7.68. The monoisotopic (exact) mass is 401 g/mol. The highest BCUT2D eigenvalue weighted by Gasteiger charge is 2.22. The summed E-state index contributed by atoms with van der Waals surface area (Å²) < 4.78 is 5.76. The number of amides is 1. The van der Waals surface area contributed by atoms with E-state index in [4.69, 9.17) is 4.74 Å². The molecule has 0 saturated heterocycles. The van der Waals surface area contributed by atoms with Crippen LogP contribution in [0.1, 0.15) is 26.7 Å². The minimum Gasteiger partial charge on any atom is -0.465 e. The number of nitrogens with one attached hydrogen (secondary N) is 1. The lowest BCUT2D eigenvalue weighted by Gasteiger charge is -2.18. The molecular formula is C24H19NO3S. The molecule has 0 bridgehead atoms. The highest BCUT2D eigenvalue weighted by atomic mass is 32.1.